The molecular formula is C11H10BrF3O. The Morgan fingerprint density at radius 2 is 1.81 bits per heavy atom. The summed E-state index contributed by atoms with van der Waals surface area (Å²) in [5.41, 5.74) is 0.250. The zero-order valence-electron chi connectivity index (χ0n) is 8.57. The molecule has 0 aliphatic carbocycles. The van der Waals surface area contributed by atoms with Crippen molar-refractivity contribution in [1.82, 2.24) is 0 Å². The topological polar surface area (TPSA) is 17.1 Å². The zero-order valence-corrected chi connectivity index (χ0v) is 10.2. The van der Waals surface area contributed by atoms with Crippen LogP contribution in [0.4, 0.5) is 13.2 Å². The number of hydrogen-bond acceptors (Lipinski definition) is 1. The van der Waals surface area contributed by atoms with Gasteiger partial charge in [0.15, 0.2) is 17.5 Å². The molecule has 0 heterocycles. The molecule has 88 valence electrons. The van der Waals surface area contributed by atoms with Gasteiger partial charge in [-0.1, -0.05) is 22.9 Å². The summed E-state index contributed by atoms with van der Waals surface area (Å²) in [5, 5.41) is 0. The monoisotopic (exact) mass is 294 g/mol. The Morgan fingerprint density at radius 1 is 1.31 bits per heavy atom. The number of hydrogen-bond donors (Lipinski definition) is 0. The van der Waals surface area contributed by atoms with Gasteiger partial charge in [-0.3, -0.25) is 4.79 Å². The van der Waals surface area contributed by atoms with Crippen molar-refractivity contribution in [2.75, 3.05) is 0 Å². The standard InChI is InChI=1S/C11H10BrF3O/c1-2-10(16)7(12)3-6-4-8(13)11(15)9(14)5-6/h4-5,7H,2-3H2,1H3. The molecule has 0 spiro atoms. The summed E-state index contributed by atoms with van der Waals surface area (Å²) >= 11 is 3.12. The van der Waals surface area contributed by atoms with Gasteiger partial charge < -0.3 is 0 Å². The van der Waals surface area contributed by atoms with E-state index in [4.69, 9.17) is 0 Å². The third-order valence-corrected chi connectivity index (χ3v) is 2.99. The van der Waals surface area contributed by atoms with Crippen LogP contribution in [0.3, 0.4) is 0 Å². The van der Waals surface area contributed by atoms with Gasteiger partial charge in [-0.2, -0.15) is 0 Å². The summed E-state index contributed by atoms with van der Waals surface area (Å²) in [6.45, 7) is 1.70. The molecule has 0 radical (unpaired) electrons. The normalized spacial score (nSPS) is 12.6. The smallest absolute Gasteiger partial charge is 0.194 e. The Bertz CT molecular complexity index is 383. The van der Waals surface area contributed by atoms with E-state index in [-0.39, 0.29) is 17.8 Å². The van der Waals surface area contributed by atoms with Gasteiger partial charge in [-0.15, -0.1) is 0 Å². The van der Waals surface area contributed by atoms with Gasteiger partial charge in [0.25, 0.3) is 0 Å². The van der Waals surface area contributed by atoms with E-state index >= 15 is 0 Å². The molecule has 0 aliphatic heterocycles. The van der Waals surface area contributed by atoms with Crippen molar-refractivity contribution in [3.63, 3.8) is 0 Å². The number of ketones is 1. The van der Waals surface area contributed by atoms with Gasteiger partial charge in [0.1, 0.15) is 5.78 Å². The van der Waals surface area contributed by atoms with Crippen molar-refractivity contribution in [2.45, 2.75) is 24.6 Å². The van der Waals surface area contributed by atoms with Gasteiger partial charge in [0.05, 0.1) is 4.83 Å². The summed E-state index contributed by atoms with van der Waals surface area (Å²) in [5.74, 6) is -4.03. The van der Waals surface area contributed by atoms with Gasteiger partial charge in [-0.25, -0.2) is 13.2 Å². The molecule has 0 bridgehead atoms. The van der Waals surface area contributed by atoms with E-state index in [1.54, 1.807) is 6.92 Å². The maximum absolute atomic E-state index is 12.9. The molecule has 0 saturated carbocycles. The van der Waals surface area contributed by atoms with E-state index in [9.17, 15) is 18.0 Å². The van der Waals surface area contributed by atoms with Crippen molar-refractivity contribution >= 4 is 21.7 Å². The molecule has 1 aromatic rings. The average molecular weight is 295 g/mol. The summed E-state index contributed by atoms with van der Waals surface area (Å²) in [7, 11) is 0. The average Bonchev–Trinajstić information content (AvgIpc) is 2.24. The fourth-order valence-corrected chi connectivity index (χ4v) is 1.97. The van der Waals surface area contributed by atoms with Crippen LogP contribution in [0.25, 0.3) is 0 Å². The molecule has 0 N–H and O–H groups in total. The van der Waals surface area contributed by atoms with Gasteiger partial charge >= 0.3 is 0 Å². The lowest BCUT2D eigenvalue weighted by atomic mass is 10.1. The SMILES string of the molecule is CCC(=O)C(Br)Cc1cc(F)c(F)c(F)c1. The van der Waals surface area contributed by atoms with Gasteiger partial charge in [-0.05, 0) is 24.1 Å². The second-order valence-electron chi connectivity index (χ2n) is 3.36. The number of alkyl halides is 1. The molecule has 0 aliphatic rings. The minimum absolute atomic E-state index is 0.0647. The van der Waals surface area contributed by atoms with Crippen molar-refractivity contribution in [3.05, 3.63) is 35.1 Å². The number of rotatable bonds is 4. The van der Waals surface area contributed by atoms with Crippen molar-refractivity contribution < 1.29 is 18.0 Å². The number of Topliss-reactive ketones (excluding diaryl/α,β-unsaturated/α-hetero) is 1. The minimum Gasteiger partial charge on any atom is -0.298 e. The molecule has 0 aromatic heterocycles. The van der Waals surface area contributed by atoms with E-state index in [1.165, 1.54) is 0 Å². The molecule has 0 fully saturated rings. The van der Waals surface area contributed by atoms with E-state index in [0.29, 0.717) is 6.42 Å². The second kappa shape index (κ2) is 5.48. The number of halogens is 4. The molecule has 16 heavy (non-hydrogen) atoms. The molecule has 1 nitrogen and oxygen atoms in total. The van der Waals surface area contributed by atoms with Crippen LogP contribution in [-0.4, -0.2) is 10.6 Å². The highest BCUT2D eigenvalue weighted by molar-refractivity contribution is 9.10. The van der Waals surface area contributed by atoms with Crippen LogP contribution in [0, 0.1) is 17.5 Å². The number of benzene rings is 1. The highest BCUT2D eigenvalue weighted by atomic mass is 79.9. The molecule has 0 saturated heterocycles. The highest BCUT2D eigenvalue weighted by Gasteiger charge is 2.16. The lowest BCUT2D eigenvalue weighted by Gasteiger charge is -2.08. The van der Waals surface area contributed by atoms with Crippen molar-refractivity contribution in [2.24, 2.45) is 0 Å². The third kappa shape index (κ3) is 3.07. The first kappa shape index (κ1) is 13.2. The molecule has 1 aromatic carbocycles. The number of carbonyl (C=O) groups excluding carboxylic acids is 1. The molecular weight excluding hydrogens is 285 g/mol. The first-order chi connectivity index (χ1) is 7.45. The quantitative estimate of drug-likeness (QED) is 0.614. The molecule has 1 rings (SSSR count). The summed E-state index contributed by atoms with van der Waals surface area (Å²) in [6, 6.07) is 1.80. The Labute approximate surface area is 99.8 Å². The lowest BCUT2D eigenvalue weighted by Crippen LogP contribution is -2.15. The maximum Gasteiger partial charge on any atom is 0.194 e. The maximum atomic E-state index is 12.9. The highest BCUT2D eigenvalue weighted by Crippen LogP contribution is 2.18. The summed E-state index contributed by atoms with van der Waals surface area (Å²) in [4.78, 5) is 10.7. The largest absolute Gasteiger partial charge is 0.298 e. The molecule has 1 unspecified atom stereocenters. The summed E-state index contributed by atoms with van der Waals surface area (Å²) < 4.78 is 38.4. The van der Waals surface area contributed by atoms with Crippen LogP contribution in [0.5, 0.6) is 0 Å². The van der Waals surface area contributed by atoms with Crippen molar-refractivity contribution in [3.8, 4) is 0 Å². The predicted octanol–water partition coefficient (Wildman–Crippen LogP) is 3.39. The number of carbonyl (C=O) groups is 1. The molecule has 5 heteroatoms. The van der Waals surface area contributed by atoms with E-state index in [1.807, 2.05) is 0 Å². The first-order valence-corrected chi connectivity index (χ1v) is 5.67. The Morgan fingerprint density at radius 3 is 2.25 bits per heavy atom. The second-order valence-corrected chi connectivity index (χ2v) is 4.47. The van der Waals surface area contributed by atoms with Crippen molar-refractivity contribution in [1.29, 1.82) is 0 Å². The lowest BCUT2D eigenvalue weighted by molar-refractivity contribution is -0.118. The molecule has 0 amide bonds. The van der Waals surface area contributed by atoms with E-state index in [0.717, 1.165) is 12.1 Å². The fourth-order valence-electron chi connectivity index (χ4n) is 1.27. The van der Waals surface area contributed by atoms with Crippen LogP contribution >= 0.6 is 15.9 Å². The van der Waals surface area contributed by atoms with Crippen LogP contribution < -0.4 is 0 Å². The van der Waals surface area contributed by atoms with E-state index < -0.39 is 22.3 Å². The Kier molecular flexibility index (Phi) is 4.53. The Balaban J connectivity index is 2.86. The predicted molar refractivity (Wildman–Crippen MR) is 58.0 cm³/mol. The fraction of sp³-hybridized carbons (Fsp3) is 0.364. The van der Waals surface area contributed by atoms with E-state index in [2.05, 4.69) is 15.9 Å². The Hall–Kier alpha value is -0.840. The third-order valence-electron chi connectivity index (χ3n) is 2.16. The van der Waals surface area contributed by atoms with Gasteiger partial charge in [0, 0.05) is 6.42 Å². The van der Waals surface area contributed by atoms with Gasteiger partial charge in [0.2, 0.25) is 0 Å². The zero-order chi connectivity index (χ0) is 12.3. The molecule has 1 atom stereocenters. The van der Waals surface area contributed by atoms with Crippen LogP contribution in [0.1, 0.15) is 18.9 Å². The first-order valence-electron chi connectivity index (χ1n) is 4.76. The van der Waals surface area contributed by atoms with Crippen LogP contribution in [-0.2, 0) is 11.2 Å². The minimum atomic E-state index is -1.49. The van der Waals surface area contributed by atoms with Crippen LogP contribution in [0.2, 0.25) is 0 Å². The van der Waals surface area contributed by atoms with Crippen LogP contribution in [0.15, 0.2) is 12.1 Å². The summed E-state index contributed by atoms with van der Waals surface area (Å²) in [6.07, 6.45) is 0.475.